The minimum Gasteiger partial charge on any atom is -0.480 e. The van der Waals surface area contributed by atoms with E-state index in [1.54, 1.807) is 5.32 Å². The molecule has 0 aliphatic heterocycles. The number of rotatable bonds is 5. The second-order valence-electron chi connectivity index (χ2n) is 5.22. The van der Waals surface area contributed by atoms with Crippen molar-refractivity contribution in [3.8, 4) is 5.69 Å². The molecule has 140 valence electrons. The summed E-state index contributed by atoms with van der Waals surface area (Å²) in [7, 11) is 0. The van der Waals surface area contributed by atoms with Crippen LogP contribution in [0.5, 0.6) is 0 Å². The smallest absolute Gasteiger partial charge is 0.391 e. The number of hydrogen-bond donors (Lipinski definition) is 2. The highest BCUT2D eigenvalue weighted by molar-refractivity contribution is 6.30. The minimum atomic E-state index is -4.78. The van der Waals surface area contributed by atoms with Crippen LogP contribution >= 0.6 is 11.6 Å². The first-order chi connectivity index (χ1) is 12.0. The highest BCUT2D eigenvalue weighted by Crippen LogP contribution is 2.23. The number of alkyl halides is 3. The Morgan fingerprint density at radius 1 is 1.38 bits per heavy atom. The summed E-state index contributed by atoms with van der Waals surface area (Å²) in [6, 6.07) is 1.40. The summed E-state index contributed by atoms with van der Waals surface area (Å²) in [6.45, 7) is 1.38. The molecule has 1 aromatic heterocycles. The Morgan fingerprint density at radius 3 is 2.58 bits per heavy atom. The maximum absolute atomic E-state index is 13.2. The molecule has 0 saturated carbocycles. The highest BCUT2D eigenvalue weighted by Gasteiger charge is 2.37. The first kappa shape index (κ1) is 19.6. The molecule has 0 bridgehead atoms. The fraction of sp³-hybridized carbons (Fsp3) is 0.286. The van der Waals surface area contributed by atoms with Crippen molar-refractivity contribution in [2.45, 2.75) is 25.6 Å². The molecule has 2 rings (SSSR count). The lowest BCUT2D eigenvalue weighted by Crippen LogP contribution is -2.43. The van der Waals surface area contributed by atoms with E-state index < -0.39 is 36.3 Å². The fourth-order valence-corrected chi connectivity index (χ4v) is 2.23. The van der Waals surface area contributed by atoms with Crippen LogP contribution in [0.4, 0.5) is 17.6 Å². The third-order valence-corrected chi connectivity index (χ3v) is 3.59. The second kappa shape index (κ2) is 7.28. The van der Waals surface area contributed by atoms with E-state index >= 15 is 0 Å². The van der Waals surface area contributed by atoms with E-state index in [1.807, 2.05) is 0 Å². The molecule has 0 saturated heterocycles. The van der Waals surface area contributed by atoms with E-state index in [4.69, 9.17) is 16.7 Å². The van der Waals surface area contributed by atoms with Crippen molar-refractivity contribution in [2.75, 3.05) is 0 Å². The molecule has 0 spiro atoms. The molecule has 0 aliphatic rings. The number of carbonyl (C=O) groups excluding carboxylic acids is 1. The van der Waals surface area contributed by atoms with Crippen molar-refractivity contribution < 1.29 is 32.3 Å². The molecule has 1 heterocycles. The van der Waals surface area contributed by atoms with Gasteiger partial charge in [-0.1, -0.05) is 16.8 Å². The number of amides is 1. The predicted octanol–water partition coefficient (Wildman–Crippen LogP) is 2.50. The van der Waals surface area contributed by atoms with Gasteiger partial charge in [-0.25, -0.2) is 13.9 Å². The predicted molar refractivity (Wildman–Crippen MR) is 80.6 cm³/mol. The number of nitrogens with zero attached hydrogens (tertiary/aromatic N) is 3. The number of aromatic nitrogens is 3. The Balaban J connectivity index is 2.26. The molecule has 1 atom stereocenters. The van der Waals surface area contributed by atoms with E-state index in [0.29, 0.717) is 0 Å². The third-order valence-electron chi connectivity index (χ3n) is 3.30. The van der Waals surface area contributed by atoms with Crippen molar-refractivity contribution in [2.24, 2.45) is 0 Å². The Labute approximate surface area is 148 Å². The molecule has 2 aromatic rings. The zero-order valence-corrected chi connectivity index (χ0v) is 13.8. The van der Waals surface area contributed by atoms with E-state index in [2.05, 4.69) is 10.3 Å². The molecule has 0 radical (unpaired) electrons. The average Bonchev–Trinajstić information content (AvgIpc) is 2.89. The minimum absolute atomic E-state index is 0.0984. The van der Waals surface area contributed by atoms with Crippen molar-refractivity contribution in [1.82, 2.24) is 20.3 Å². The third kappa shape index (κ3) is 4.48. The molecule has 1 unspecified atom stereocenters. The van der Waals surface area contributed by atoms with Gasteiger partial charge >= 0.3 is 12.1 Å². The van der Waals surface area contributed by atoms with Gasteiger partial charge in [0.25, 0.3) is 5.91 Å². The first-order valence-corrected chi connectivity index (χ1v) is 7.35. The van der Waals surface area contributed by atoms with Crippen molar-refractivity contribution in [1.29, 1.82) is 0 Å². The van der Waals surface area contributed by atoms with Gasteiger partial charge in [-0.05, 0) is 25.1 Å². The molecule has 0 fully saturated rings. The van der Waals surface area contributed by atoms with Crippen LogP contribution in [0.2, 0.25) is 5.02 Å². The van der Waals surface area contributed by atoms with E-state index in [-0.39, 0.29) is 22.1 Å². The molecule has 0 aliphatic carbocycles. The Hall–Kier alpha value is -2.69. The van der Waals surface area contributed by atoms with Crippen molar-refractivity contribution in [3.63, 3.8) is 0 Å². The molecular formula is C14H11ClF4N4O3. The summed E-state index contributed by atoms with van der Waals surface area (Å²) in [5.41, 5.74) is -0.0225. The van der Waals surface area contributed by atoms with Gasteiger partial charge in [-0.3, -0.25) is 4.79 Å². The number of aliphatic carboxylic acids is 1. The Morgan fingerprint density at radius 2 is 2.04 bits per heavy atom. The van der Waals surface area contributed by atoms with Crippen LogP contribution in [0.1, 0.15) is 22.6 Å². The molecule has 1 amide bonds. The zero-order chi connectivity index (χ0) is 19.6. The van der Waals surface area contributed by atoms with Gasteiger partial charge in [-0.2, -0.15) is 13.2 Å². The van der Waals surface area contributed by atoms with Gasteiger partial charge < -0.3 is 10.4 Å². The quantitative estimate of drug-likeness (QED) is 0.759. The van der Waals surface area contributed by atoms with Gasteiger partial charge in [0.05, 0.1) is 22.8 Å². The van der Waals surface area contributed by atoms with E-state index in [0.717, 1.165) is 10.7 Å². The summed E-state index contributed by atoms with van der Waals surface area (Å²) in [6.07, 6.45) is -6.53. The van der Waals surface area contributed by atoms with Crippen LogP contribution in [-0.2, 0) is 4.79 Å². The van der Waals surface area contributed by atoms with E-state index in [1.165, 1.54) is 19.1 Å². The SMILES string of the molecule is Cc1c(C(=O)NC(CC(F)(F)F)C(=O)O)nnn1-c1ccc(F)c(Cl)c1. The summed E-state index contributed by atoms with van der Waals surface area (Å²) in [5, 5.41) is 17.6. The maximum atomic E-state index is 13.2. The van der Waals surface area contributed by atoms with Crippen LogP contribution in [0, 0.1) is 12.7 Å². The molecule has 12 heteroatoms. The number of hydrogen-bond acceptors (Lipinski definition) is 4. The Kier molecular flexibility index (Phi) is 5.50. The fourth-order valence-electron chi connectivity index (χ4n) is 2.06. The van der Waals surface area contributed by atoms with Crippen LogP contribution in [0.25, 0.3) is 5.69 Å². The lowest BCUT2D eigenvalue weighted by atomic mass is 10.2. The van der Waals surface area contributed by atoms with Gasteiger partial charge in [0.2, 0.25) is 0 Å². The van der Waals surface area contributed by atoms with Crippen LogP contribution in [0.3, 0.4) is 0 Å². The van der Waals surface area contributed by atoms with E-state index in [9.17, 15) is 27.2 Å². The average molecular weight is 395 g/mol. The first-order valence-electron chi connectivity index (χ1n) is 6.97. The lowest BCUT2D eigenvalue weighted by molar-refractivity contribution is -0.157. The van der Waals surface area contributed by atoms with Crippen LogP contribution in [0.15, 0.2) is 18.2 Å². The van der Waals surface area contributed by atoms with Gasteiger partial charge in [0.15, 0.2) is 5.69 Å². The number of nitrogens with one attached hydrogen (secondary N) is 1. The number of benzene rings is 1. The Bertz CT molecular complexity index is 853. The maximum Gasteiger partial charge on any atom is 0.391 e. The molecular weight excluding hydrogens is 384 g/mol. The monoisotopic (exact) mass is 394 g/mol. The summed E-state index contributed by atoms with van der Waals surface area (Å²) < 4.78 is 51.5. The van der Waals surface area contributed by atoms with Gasteiger partial charge in [0, 0.05) is 0 Å². The normalized spacial score (nSPS) is 12.7. The molecule has 26 heavy (non-hydrogen) atoms. The standard InChI is InChI=1S/C14H11ClF4N4O3/c1-6-11(12(24)20-10(13(25)26)5-14(17,18)19)21-22-23(6)7-2-3-9(16)8(15)4-7/h2-4,10H,5H2,1H3,(H,20,24)(H,25,26). The second-order valence-corrected chi connectivity index (χ2v) is 5.62. The van der Waals surface area contributed by atoms with Crippen molar-refractivity contribution in [3.05, 3.63) is 40.4 Å². The summed E-state index contributed by atoms with van der Waals surface area (Å²) in [5.74, 6) is -3.66. The number of carboxylic acids is 1. The van der Waals surface area contributed by atoms with Gasteiger partial charge in [0.1, 0.15) is 11.9 Å². The molecule has 7 nitrogen and oxygen atoms in total. The largest absolute Gasteiger partial charge is 0.480 e. The number of carboxylic acid groups (broad SMARTS) is 1. The van der Waals surface area contributed by atoms with Crippen LogP contribution < -0.4 is 5.32 Å². The number of carbonyl (C=O) groups is 2. The topological polar surface area (TPSA) is 97.1 Å². The van der Waals surface area contributed by atoms with Gasteiger partial charge in [-0.15, -0.1) is 5.10 Å². The molecule has 1 aromatic carbocycles. The zero-order valence-electron chi connectivity index (χ0n) is 13.0. The molecule has 2 N–H and O–H groups in total. The van der Waals surface area contributed by atoms with Crippen LogP contribution in [-0.4, -0.2) is 44.2 Å². The number of halogens is 5. The summed E-state index contributed by atoms with van der Waals surface area (Å²) >= 11 is 5.66. The van der Waals surface area contributed by atoms with Crippen molar-refractivity contribution >= 4 is 23.5 Å². The summed E-state index contributed by atoms with van der Waals surface area (Å²) in [4.78, 5) is 23.0. The highest BCUT2D eigenvalue weighted by atomic mass is 35.5. The lowest BCUT2D eigenvalue weighted by Gasteiger charge is -2.15.